The van der Waals surface area contributed by atoms with Crippen molar-refractivity contribution in [1.82, 2.24) is 9.62 Å². The van der Waals surface area contributed by atoms with Gasteiger partial charge in [-0.05, 0) is 36.4 Å². The Morgan fingerprint density at radius 2 is 1.85 bits per heavy atom. The van der Waals surface area contributed by atoms with Crippen LogP contribution in [0.1, 0.15) is 44.6 Å². The predicted molar refractivity (Wildman–Crippen MR) is 83.5 cm³/mol. The van der Waals surface area contributed by atoms with E-state index in [1.165, 1.54) is 17.8 Å². The molecule has 1 aliphatic heterocycles. The molecule has 1 N–H and O–H groups in total. The topological polar surface area (TPSA) is 49.4 Å². The molecule has 0 spiro atoms. The zero-order valence-corrected chi connectivity index (χ0v) is 13.7. The predicted octanol–water partition coefficient (Wildman–Crippen LogP) is 2.81. The summed E-state index contributed by atoms with van der Waals surface area (Å²) < 4.78 is 27.5. The van der Waals surface area contributed by atoms with Gasteiger partial charge in [0.05, 0.1) is 0 Å². The van der Waals surface area contributed by atoms with E-state index in [2.05, 4.69) is 5.32 Å². The Balaban J connectivity index is 2.09. The van der Waals surface area contributed by atoms with Gasteiger partial charge < -0.3 is 5.32 Å². The van der Waals surface area contributed by atoms with E-state index in [0.717, 1.165) is 44.3 Å². The molecule has 1 aromatic rings. The van der Waals surface area contributed by atoms with Crippen molar-refractivity contribution >= 4 is 21.4 Å². The fourth-order valence-electron chi connectivity index (χ4n) is 2.44. The molecule has 4 nitrogen and oxygen atoms in total. The zero-order valence-electron chi connectivity index (χ0n) is 12.1. The summed E-state index contributed by atoms with van der Waals surface area (Å²) in [5, 5.41) is 5.17. The maximum atomic E-state index is 12.7. The summed E-state index contributed by atoms with van der Waals surface area (Å²) in [6.07, 6.45) is 5.48. The maximum absolute atomic E-state index is 12.7. The monoisotopic (exact) mass is 316 g/mol. The maximum Gasteiger partial charge on any atom is 0.252 e. The third-order valence-corrected chi connectivity index (χ3v) is 6.98. The first-order valence-corrected chi connectivity index (χ1v) is 9.75. The summed E-state index contributed by atoms with van der Waals surface area (Å²) in [5.74, 6) is 0. The molecule has 2 rings (SSSR count). The van der Waals surface area contributed by atoms with Crippen LogP contribution in [-0.4, -0.2) is 32.4 Å². The van der Waals surface area contributed by atoms with E-state index in [-0.39, 0.29) is 0 Å². The van der Waals surface area contributed by atoms with Crippen LogP contribution in [0.25, 0.3) is 0 Å². The lowest BCUT2D eigenvalue weighted by Gasteiger charge is -2.23. The van der Waals surface area contributed by atoms with Crippen LogP contribution >= 0.6 is 11.3 Å². The van der Waals surface area contributed by atoms with E-state index in [9.17, 15) is 8.42 Å². The lowest BCUT2D eigenvalue weighted by atomic mass is 10.1. The van der Waals surface area contributed by atoms with Crippen molar-refractivity contribution in [2.75, 3.05) is 19.6 Å². The van der Waals surface area contributed by atoms with Crippen molar-refractivity contribution in [2.24, 2.45) is 0 Å². The molecule has 1 aromatic heterocycles. The number of rotatable bonds is 5. The van der Waals surface area contributed by atoms with Gasteiger partial charge in [-0.3, -0.25) is 0 Å². The van der Waals surface area contributed by atoms with Crippen molar-refractivity contribution in [1.29, 1.82) is 0 Å². The molecule has 1 saturated heterocycles. The summed E-state index contributed by atoms with van der Waals surface area (Å²) in [6, 6.07) is 1.82. The minimum atomic E-state index is -3.28. The summed E-state index contributed by atoms with van der Waals surface area (Å²) >= 11 is 1.34. The fraction of sp³-hybridized carbons (Fsp3) is 0.714. The van der Waals surface area contributed by atoms with Crippen LogP contribution in [0, 0.1) is 0 Å². The van der Waals surface area contributed by atoms with Gasteiger partial charge in [-0.2, -0.15) is 4.31 Å². The third kappa shape index (κ3) is 4.04. The molecule has 20 heavy (non-hydrogen) atoms. The Hall–Kier alpha value is -0.430. The molecule has 0 amide bonds. The van der Waals surface area contributed by atoms with Crippen LogP contribution < -0.4 is 5.32 Å². The number of thiophene rings is 1. The van der Waals surface area contributed by atoms with Gasteiger partial charge in [0.1, 0.15) is 4.21 Å². The number of nitrogens with zero attached hydrogens (tertiary/aromatic N) is 1. The Bertz CT molecular complexity index is 503. The van der Waals surface area contributed by atoms with Crippen LogP contribution in [0.4, 0.5) is 0 Å². The molecule has 0 saturated carbocycles. The van der Waals surface area contributed by atoms with Gasteiger partial charge >= 0.3 is 0 Å². The van der Waals surface area contributed by atoms with Gasteiger partial charge in [-0.25, -0.2) is 8.42 Å². The van der Waals surface area contributed by atoms with E-state index in [1.54, 1.807) is 4.31 Å². The quantitative estimate of drug-likeness (QED) is 0.909. The van der Waals surface area contributed by atoms with E-state index >= 15 is 0 Å². The highest BCUT2D eigenvalue weighted by molar-refractivity contribution is 7.91. The normalized spacial score (nSPS) is 18.6. The molecule has 0 aromatic carbocycles. The van der Waals surface area contributed by atoms with E-state index in [0.29, 0.717) is 17.3 Å². The zero-order chi connectivity index (χ0) is 14.4. The lowest BCUT2D eigenvalue weighted by molar-refractivity contribution is 0.365. The molecule has 6 heteroatoms. The summed E-state index contributed by atoms with van der Waals surface area (Å²) in [4.78, 5) is 0. The molecule has 1 aliphatic rings. The summed E-state index contributed by atoms with van der Waals surface area (Å²) in [6.45, 7) is 5.02. The Kier molecular flexibility index (Phi) is 6.01. The van der Waals surface area contributed by atoms with Gasteiger partial charge in [0.15, 0.2) is 0 Å². The molecule has 1 fully saturated rings. The molecular formula is C14H24N2O2S2. The van der Waals surface area contributed by atoms with Crippen LogP contribution in [0.3, 0.4) is 0 Å². The highest BCUT2D eigenvalue weighted by Gasteiger charge is 2.26. The van der Waals surface area contributed by atoms with Gasteiger partial charge in [0.25, 0.3) is 10.0 Å². The number of hydrogen-bond acceptors (Lipinski definition) is 4. The largest absolute Gasteiger partial charge is 0.313 e. The first kappa shape index (κ1) is 15.9. The number of sulfonamides is 1. The van der Waals surface area contributed by atoms with Crippen molar-refractivity contribution < 1.29 is 8.42 Å². The summed E-state index contributed by atoms with van der Waals surface area (Å²) in [5.41, 5.74) is 1.06. The average Bonchev–Trinajstić information content (AvgIpc) is 2.84. The fourth-order valence-corrected chi connectivity index (χ4v) is 5.32. The van der Waals surface area contributed by atoms with Crippen LogP contribution in [0.15, 0.2) is 15.7 Å². The van der Waals surface area contributed by atoms with Crippen molar-refractivity contribution in [2.45, 2.75) is 49.8 Å². The van der Waals surface area contributed by atoms with E-state index in [1.807, 2.05) is 18.4 Å². The Labute approximate surface area is 126 Å². The van der Waals surface area contributed by atoms with Crippen LogP contribution in [0.5, 0.6) is 0 Å². The van der Waals surface area contributed by atoms with Gasteiger partial charge in [-0.15, -0.1) is 11.3 Å². The highest BCUT2D eigenvalue weighted by Crippen LogP contribution is 2.25. The molecule has 0 bridgehead atoms. The first-order valence-electron chi connectivity index (χ1n) is 7.43. The Morgan fingerprint density at radius 3 is 2.50 bits per heavy atom. The third-order valence-electron chi connectivity index (χ3n) is 3.62. The molecular weight excluding hydrogens is 292 g/mol. The summed E-state index contributed by atoms with van der Waals surface area (Å²) in [7, 11) is -3.28. The SMILES string of the molecule is CCNCc1csc(S(=O)(=O)N2CCCCCCC2)c1. The second-order valence-corrected chi connectivity index (χ2v) is 8.30. The molecule has 0 unspecified atom stereocenters. The minimum Gasteiger partial charge on any atom is -0.313 e. The average molecular weight is 316 g/mol. The second kappa shape index (κ2) is 7.54. The van der Waals surface area contributed by atoms with Crippen molar-refractivity contribution in [3.8, 4) is 0 Å². The standard InChI is InChI=1S/C14H24N2O2S2/c1-2-15-11-13-10-14(19-12-13)20(17,18)16-8-6-4-3-5-7-9-16/h10,12,15H,2-9,11H2,1H3. The highest BCUT2D eigenvalue weighted by atomic mass is 32.2. The molecule has 2 heterocycles. The molecule has 0 radical (unpaired) electrons. The van der Waals surface area contributed by atoms with Gasteiger partial charge in [-0.1, -0.05) is 26.2 Å². The van der Waals surface area contributed by atoms with Crippen LogP contribution in [0.2, 0.25) is 0 Å². The molecule has 0 aliphatic carbocycles. The number of nitrogens with one attached hydrogen (secondary N) is 1. The van der Waals surface area contributed by atoms with Gasteiger partial charge in [0.2, 0.25) is 0 Å². The van der Waals surface area contributed by atoms with Crippen LogP contribution in [-0.2, 0) is 16.6 Å². The smallest absolute Gasteiger partial charge is 0.252 e. The number of hydrogen-bond donors (Lipinski definition) is 1. The minimum absolute atomic E-state index is 0.492. The van der Waals surface area contributed by atoms with Gasteiger partial charge in [0, 0.05) is 19.6 Å². The van der Waals surface area contributed by atoms with E-state index < -0.39 is 10.0 Å². The van der Waals surface area contributed by atoms with Crippen molar-refractivity contribution in [3.63, 3.8) is 0 Å². The van der Waals surface area contributed by atoms with Crippen molar-refractivity contribution in [3.05, 3.63) is 17.0 Å². The Morgan fingerprint density at radius 1 is 1.20 bits per heavy atom. The molecule has 114 valence electrons. The van der Waals surface area contributed by atoms with E-state index in [4.69, 9.17) is 0 Å². The lowest BCUT2D eigenvalue weighted by Crippen LogP contribution is -2.33. The molecule has 0 atom stereocenters. The first-order chi connectivity index (χ1) is 9.64. The second-order valence-electron chi connectivity index (χ2n) is 5.23.